The van der Waals surface area contributed by atoms with Crippen molar-refractivity contribution in [1.29, 1.82) is 0 Å². The van der Waals surface area contributed by atoms with Gasteiger partial charge in [0, 0.05) is 0 Å². The van der Waals surface area contributed by atoms with E-state index in [1.54, 1.807) is 0 Å². The topological polar surface area (TPSA) is 18.5 Å². The maximum atomic E-state index is 12.8. The number of benzene rings is 1. The zero-order valence-corrected chi connectivity index (χ0v) is 6.04. The highest BCUT2D eigenvalue weighted by atomic mass is 19.2. The van der Waals surface area contributed by atoms with E-state index in [1.807, 2.05) is 0 Å². The molecule has 1 heterocycles. The second-order valence-corrected chi connectivity index (χ2v) is 2.32. The van der Waals surface area contributed by atoms with Crippen molar-refractivity contribution in [2.24, 2.45) is 0 Å². The SMILES string of the molecule is Fc1c(F)c(F)c2c(c1F)OBO2. The molecule has 0 bridgehead atoms. The molecular weight excluding hydrogens is 191 g/mol. The summed E-state index contributed by atoms with van der Waals surface area (Å²) >= 11 is 0. The van der Waals surface area contributed by atoms with Gasteiger partial charge in [-0.2, -0.15) is 8.78 Å². The van der Waals surface area contributed by atoms with E-state index in [9.17, 15) is 17.6 Å². The highest BCUT2D eigenvalue weighted by Gasteiger charge is 2.31. The smallest absolute Gasteiger partial charge is 0.524 e. The first kappa shape index (κ1) is 8.21. The van der Waals surface area contributed by atoms with E-state index in [0.29, 0.717) is 0 Å². The molecule has 0 aromatic heterocycles. The molecule has 13 heavy (non-hydrogen) atoms. The molecule has 0 saturated heterocycles. The summed E-state index contributed by atoms with van der Waals surface area (Å²) in [7, 11) is -0.452. The fourth-order valence-corrected chi connectivity index (χ4v) is 0.997. The Bertz CT molecular complexity index is 347. The number of halogens is 4. The van der Waals surface area contributed by atoms with E-state index in [4.69, 9.17) is 0 Å². The maximum absolute atomic E-state index is 12.8. The van der Waals surface area contributed by atoms with E-state index < -0.39 is 42.5 Å². The van der Waals surface area contributed by atoms with Crippen LogP contribution in [0.2, 0.25) is 0 Å². The van der Waals surface area contributed by atoms with Crippen molar-refractivity contribution in [2.75, 3.05) is 0 Å². The second kappa shape index (κ2) is 2.55. The fraction of sp³-hybridized carbons (Fsp3) is 0. The molecule has 68 valence electrons. The van der Waals surface area contributed by atoms with Crippen molar-refractivity contribution in [2.45, 2.75) is 0 Å². The maximum Gasteiger partial charge on any atom is 0.576 e. The Morgan fingerprint density at radius 3 is 1.46 bits per heavy atom. The lowest BCUT2D eigenvalue weighted by Gasteiger charge is -2.03. The van der Waals surface area contributed by atoms with E-state index >= 15 is 0 Å². The molecule has 0 fully saturated rings. The lowest BCUT2D eigenvalue weighted by atomic mass is 10.2. The molecule has 2 rings (SSSR count). The Hall–Kier alpha value is -1.40. The van der Waals surface area contributed by atoms with Gasteiger partial charge in [-0.3, -0.25) is 0 Å². The van der Waals surface area contributed by atoms with Gasteiger partial charge in [-0.15, -0.1) is 0 Å². The summed E-state index contributed by atoms with van der Waals surface area (Å²) in [4.78, 5) is 0. The minimum atomic E-state index is -1.90. The van der Waals surface area contributed by atoms with Crippen molar-refractivity contribution < 1.29 is 26.9 Å². The van der Waals surface area contributed by atoms with Crippen molar-refractivity contribution >= 4 is 7.69 Å². The van der Waals surface area contributed by atoms with Gasteiger partial charge < -0.3 is 9.31 Å². The molecule has 7 heteroatoms. The van der Waals surface area contributed by atoms with Crippen LogP contribution >= 0.6 is 0 Å². The third-order valence-corrected chi connectivity index (χ3v) is 1.59. The van der Waals surface area contributed by atoms with Crippen LogP contribution in [0.1, 0.15) is 0 Å². The number of rotatable bonds is 0. The van der Waals surface area contributed by atoms with Crippen LogP contribution in [-0.4, -0.2) is 7.69 Å². The molecule has 0 aliphatic carbocycles. The average Bonchev–Trinajstić information content (AvgIpc) is 2.59. The molecule has 1 aromatic rings. The van der Waals surface area contributed by atoms with Crippen LogP contribution in [-0.2, 0) is 0 Å². The molecule has 2 nitrogen and oxygen atoms in total. The van der Waals surface area contributed by atoms with Gasteiger partial charge in [-0.25, -0.2) is 8.78 Å². The van der Waals surface area contributed by atoms with Gasteiger partial charge in [0.15, 0.2) is 11.5 Å². The summed E-state index contributed by atoms with van der Waals surface area (Å²) in [6.07, 6.45) is 0. The predicted molar refractivity (Wildman–Crippen MR) is 34.7 cm³/mol. The fourth-order valence-electron chi connectivity index (χ4n) is 0.997. The van der Waals surface area contributed by atoms with Crippen molar-refractivity contribution in [1.82, 2.24) is 0 Å². The van der Waals surface area contributed by atoms with E-state index in [0.717, 1.165) is 0 Å². The first-order valence-corrected chi connectivity index (χ1v) is 3.24. The minimum Gasteiger partial charge on any atom is -0.524 e. The first-order chi connectivity index (χ1) is 6.13. The highest BCUT2D eigenvalue weighted by molar-refractivity contribution is 6.22. The summed E-state index contributed by atoms with van der Waals surface area (Å²) in [5.74, 6) is -8.41. The van der Waals surface area contributed by atoms with Crippen LogP contribution < -0.4 is 9.31 Å². The predicted octanol–water partition coefficient (Wildman–Crippen LogP) is 1.28. The Morgan fingerprint density at radius 1 is 0.692 bits per heavy atom. The van der Waals surface area contributed by atoms with Gasteiger partial charge in [0.2, 0.25) is 23.3 Å². The Morgan fingerprint density at radius 2 is 1.08 bits per heavy atom. The van der Waals surface area contributed by atoms with Gasteiger partial charge in [0.05, 0.1) is 0 Å². The number of hydrogen-bond donors (Lipinski definition) is 0. The summed E-state index contributed by atoms with van der Waals surface area (Å²) < 4.78 is 59.4. The number of hydrogen-bond acceptors (Lipinski definition) is 2. The molecule has 0 N–H and O–H groups in total. The third-order valence-electron chi connectivity index (χ3n) is 1.59. The van der Waals surface area contributed by atoms with Crippen molar-refractivity contribution in [3.63, 3.8) is 0 Å². The molecule has 0 spiro atoms. The van der Waals surface area contributed by atoms with Crippen LogP contribution in [0.4, 0.5) is 17.6 Å². The van der Waals surface area contributed by atoms with Crippen LogP contribution in [0.15, 0.2) is 0 Å². The molecule has 0 saturated carbocycles. The Labute approximate surface area is 70.4 Å². The summed E-state index contributed by atoms with van der Waals surface area (Å²) in [5, 5.41) is 0. The molecule has 0 amide bonds. The largest absolute Gasteiger partial charge is 0.576 e. The van der Waals surface area contributed by atoms with Gasteiger partial charge in [-0.1, -0.05) is 0 Å². The lowest BCUT2D eigenvalue weighted by molar-refractivity contribution is 0.388. The van der Waals surface area contributed by atoms with Crippen LogP contribution in [0, 0.1) is 23.3 Å². The van der Waals surface area contributed by atoms with Crippen LogP contribution in [0.25, 0.3) is 0 Å². The van der Waals surface area contributed by atoms with Crippen molar-refractivity contribution in [3.8, 4) is 11.5 Å². The van der Waals surface area contributed by atoms with E-state index in [-0.39, 0.29) is 0 Å². The van der Waals surface area contributed by atoms with Gasteiger partial charge in [0.1, 0.15) is 0 Å². The standard InChI is InChI=1S/C6HBF4O2/c8-1-2(9)4(11)6-5(3(1)10)12-7-13-6/h7H. The molecule has 0 radical (unpaired) electrons. The number of fused-ring (bicyclic) bond motifs is 1. The average molecular weight is 192 g/mol. The minimum absolute atomic E-state index is 0.452. The lowest BCUT2D eigenvalue weighted by Crippen LogP contribution is -2.00. The van der Waals surface area contributed by atoms with Crippen molar-refractivity contribution in [3.05, 3.63) is 23.3 Å². The summed E-state index contributed by atoms with van der Waals surface area (Å²) in [6.45, 7) is 0. The Balaban J connectivity index is 2.77. The second-order valence-electron chi connectivity index (χ2n) is 2.32. The molecule has 0 unspecified atom stereocenters. The first-order valence-electron chi connectivity index (χ1n) is 3.24. The normalized spacial score (nSPS) is 12.9. The molecular formula is C6HBF4O2. The Kier molecular flexibility index (Phi) is 1.61. The van der Waals surface area contributed by atoms with Gasteiger partial charge >= 0.3 is 7.69 Å². The van der Waals surface area contributed by atoms with Crippen LogP contribution in [0.5, 0.6) is 11.5 Å². The molecule has 1 aliphatic heterocycles. The highest BCUT2D eigenvalue weighted by Crippen LogP contribution is 2.39. The monoisotopic (exact) mass is 192 g/mol. The molecule has 1 aliphatic rings. The summed E-state index contributed by atoms with van der Waals surface area (Å²) in [6, 6.07) is 0. The van der Waals surface area contributed by atoms with Gasteiger partial charge in [0.25, 0.3) is 0 Å². The van der Waals surface area contributed by atoms with E-state index in [2.05, 4.69) is 9.31 Å². The zero-order valence-electron chi connectivity index (χ0n) is 6.04. The summed E-state index contributed by atoms with van der Waals surface area (Å²) in [5.41, 5.74) is 0. The third kappa shape index (κ3) is 0.960. The molecule has 1 aromatic carbocycles. The molecule has 0 atom stereocenters. The van der Waals surface area contributed by atoms with Gasteiger partial charge in [-0.05, 0) is 0 Å². The van der Waals surface area contributed by atoms with E-state index in [1.165, 1.54) is 0 Å². The zero-order chi connectivity index (χ0) is 9.59. The van der Waals surface area contributed by atoms with Crippen LogP contribution in [0.3, 0.4) is 0 Å². The quantitative estimate of drug-likeness (QED) is 0.266.